The zero-order chi connectivity index (χ0) is 20.5. The molecule has 1 N–H and O–H groups in total. The number of nitro groups is 1. The van der Waals surface area contributed by atoms with Crippen LogP contribution < -0.4 is 4.72 Å². The average molecular weight is 400 g/mol. The highest BCUT2D eigenvalue weighted by molar-refractivity contribution is 7.92. The zero-order valence-electron chi connectivity index (χ0n) is 15.7. The summed E-state index contributed by atoms with van der Waals surface area (Å²) in [5.41, 5.74) is 3.15. The Balaban J connectivity index is 1.94. The van der Waals surface area contributed by atoms with E-state index in [2.05, 4.69) is 9.82 Å². The number of aromatic nitrogens is 2. The second kappa shape index (κ2) is 7.43. The van der Waals surface area contributed by atoms with E-state index in [-0.39, 0.29) is 4.90 Å². The van der Waals surface area contributed by atoms with Gasteiger partial charge in [0.1, 0.15) is 0 Å². The molecule has 0 atom stereocenters. The number of anilines is 1. The molecule has 0 saturated heterocycles. The largest absolute Gasteiger partial charge is 0.289 e. The summed E-state index contributed by atoms with van der Waals surface area (Å²) in [4.78, 5) is 10.1. The van der Waals surface area contributed by atoms with Gasteiger partial charge in [0.2, 0.25) is 0 Å². The van der Waals surface area contributed by atoms with Crippen LogP contribution in [0.5, 0.6) is 0 Å². The van der Waals surface area contributed by atoms with Crippen molar-refractivity contribution in [2.24, 2.45) is 0 Å². The van der Waals surface area contributed by atoms with Crippen LogP contribution in [0, 0.1) is 30.9 Å². The molecule has 0 fully saturated rings. The van der Waals surface area contributed by atoms with E-state index in [4.69, 9.17) is 0 Å². The molecule has 1 heterocycles. The smallest absolute Gasteiger partial charge is 0.276 e. The Morgan fingerprint density at radius 3 is 2.36 bits per heavy atom. The second-order valence-electron chi connectivity index (χ2n) is 6.52. The number of nitro benzene ring substituents is 1. The molecule has 0 saturated carbocycles. The van der Waals surface area contributed by atoms with Gasteiger partial charge in [-0.15, -0.1) is 0 Å². The van der Waals surface area contributed by atoms with Crippen LogP contribution in [0.4, 0.5) is 11.4 Å². The Morgan fingerprint density at radius 2 is 1.71 bits per heavy atom. The van der Waals surface area contributed by atoms with Crippen molar-refractivity contribution in [2.75, 3.05) is 4.72 Å². The van der Waals surface area contributed by atoms with Gasteiger partial charge < -0.3 is 0 Å². The first kappa shape index (κ1) is 19.6. The minimum absolute atomic E-state index is 0.324. The zero-order valence-corrected chi connectivity index (χ0v) is 16.5. The highest BCUT2D eigenvalue weighted by atomic mass is 32.2. The Hall–Kier alpha value is -3.20. The molecule has 1 aromatic heterocycles. The summed E-state index contributed by atoms with van der Waals surface area (Å²) >= 11 is 0. The van der Waals surface area contributed by atoms with Gasteiger partial charge in [-0.05, 0) is 32.4 Å². The van der Waals surface area contributed by atoms with Gasteiger partial charge in [0.05, 0.1) is 28.5 Å². The molecule has 0 aliphatic heterocycles. The maximum Gasteiger partial charge on any atom is 0.289 e. The number of sulfonamides is 1. The van der Waals surface area contributed by atoms with Crippen molar-refractivity contribution in [2.45, 2.75) is 32.2 Å². The van der Waals surface area contributed by atoms with Crippen LogP contribution in [0.3, 0.4) is 0 Å². The summed E-state index contributed by atoms with van der Waals surface area (Å²) < 4.78 is 29.7. The van der Waals surface area contributed by atoms with Gasteiger partial charge in [-0.3, -0.25) is 19.5 Å². The predicted molar refractivity (Wildman–Crippen MR) is 106 cm³/mol. The van der Waals surface area contributed by atoms with Gasteiger partial charge in [0, 0.05) is 6.07 Å². The summed E-state index contributed by atoms with van der Waals surface area (Å²) in [7, 11) is -4.14. The molecule has 0 unspecified atom stereocenters. The first-order valence-electron chi connectivity index (χ1n) is 8.55. The Morgan fingerprint density at radius 1 is 1.07 bits per heavy atom. The van der Waals surface area contributed by atoms with Crippen molar-refractivity contribution in [1.29, 1.82) is 0 Å². The van der Waals surface area contributed by atoms with Gasteiger partial charge in [-0.1, -0.05) is 42.0 Å². The highest BCUT2D eigenvalue weighted by Gasteiger charge is 2.27. The number of nitrogens with zero attached hydrogens (tertiary/aromatic N) is 3. The minimum Gasteiger partial charge on any atom is -0.276 e. The van der Waals surface area contributed by atoms with E-state index < -0.39 is 20.6 Å². The summed E-state index contributed by atoms with van der Waals surface area (Å²) in [6, 6.07) is 13.2. The Bertz CT molecular complexity index is 1140. The Labute approximate surface area is 163 Å². The average Bonchev–Trinajstić information content (AvgIpc) is 2.90. The van der Waals surface area contributed by atoms with Gasteiger partial charge >= 0.3 is 0 Å². The molecule has 0 aliphatic rings. The standard InChI is InChI=1S/C19H20N4O4S/c1-13-8-10-16(11-9-13)12-22-15(3)19(14(2)20-22)21-28(26,27)18-7-5-4-6-17(18)23(24)25/h4-11,21H,12H2,1-3H3. The molecular formula is C19H20N4O4S. The molecule has 9 heteroatoms. The highest BCUT2D eigenvalue weighted by Crippen LogP contribution is 2.28. The first-order valence-corrected chi connectivity index (χ1v) is 10.0. The topological polar surface area (TPSA) is 107 Å². The summed E-state index contributed by atoms with van der Waals surface area (Å²) in [6.45, 7) is 5.93. The van der Waals surface area contributed by atoms with Crippen LogP contribution >= 0.6 is 0 Å². The van der Waals surface area contributed by atoms with Crippen molar-refractivity contribution in [3.63, 3.8) is 0 Å². The fourth-order valence-corrected chi connectivity index (χ4v) is 4.24. The van der Waals surface area contributed by atoms with E-state index in [1.807, 2.05) is 31.2 Å². The third-order valence-corrected chi connectivity index (χ3v) is 5.82. The number of hydrogen-bond donors (Lipinski definition) is 1. The van der Waals surface area contributed by atoms with Crippen LogP contribution in [-0.2, 0) is 16.6 Å². The van der Waals surface area contributed by atoms with Crippen molar-refractivity contribution in [3.8, 4) is 0 Å². The molecular weight excluding hydrogens is 380 g/mol. The van der Waals surface area contributed by atoms with E-state index in [9.17, 15) is 18.5 Å². The number of nitrogens with one attached hydrogen (secondary N) is 1. The molecule has 0 aliphatic carbocycles. The van der Waals surface area contributed by atoms with Gasteiger partial charge in [-0.25, -0.2) is 8.42 Å². The molecule has 146 valence electrons. The minimum atomic E-state index is -4.14. The predicted octanol–water partition coefficient (Wildman–Crippen LogP) is 3.57. The number of aryl methyl sites for hydroxylation is 2. The Kier molecular flexibility index (Phi) is 5.19. The van der Waals surface area contributed by atoms with Gasteiger partial charge in [0.25, 0.3) is 15.7 Å². The molecule has 0 spiro atoms. The molecule has 0 amide bonds. The SMILES string of the molecule is Cc1ccc(Cn2nc(C)c(NS(=O)(=O)c3ccccc3[N+](=O)[O-])c2C)cc1. The lowest BCUT2D eigenvalue weighted by Crippen LogP contribution is -2.16. The van der Waals surface area contributed by atoms with Crippen LogP contribution in [0.15, 0.2) is 53.4 Å². The number of benzene rings is 2. The van der Waals surface area contributed by atoms with E-state index in [0.29, 0.717) is 23.6 Å². The van der Waals surface area contributed by atoms with Gasteiger partial charge in [-0.2, -0.15) is 5.10 Å². The van der Waals surface area contributed by atoms with Crippen molar-refractivity contribution in [3.05, 3.63) is 81.2 Å². The molecule has 3 aromatic rings. The fourth-order valence-electron chi connectivity index (χ4n) is 2.89. The van der Waals surface area contributed by atoms with Crippen LogP contribution in [-0.4, -0.2) is 23.1 Å². The van der Waals surface area contributed by atoms with Crippen molar-refractivity contribution in [1.82, 2.24) is 9.78 Å². The van der Waals surface area contributed by atoms with E-state index in [0.717, 1.165) is 17.2 Å². The molecule has 0 bridgehead atoms. The normalized spacial score (nSPS) is 11.4. The quantitative estimate of drug-likeness (QED) is 0.503. The number of hydrogen-bond acceptors (Lipinski definition) is 5. The molecule has 3 rings (SSSR count). The third kappa shape index (κ3) is 3.89. The lowest BCUT2D eigenvalue weighted by Gasteiger charge is -2.10. The monoisotopic (exact) mass is 400 g/mol. The van der Waals surface area contributed by atoms with Gasteiger partial charge in [0.15, 0.2) is 4.90 Å². The van der Waals surface area contributed by atoms with Crippen LogP contribution in [0.1, 0.15) is 22.5 Å². The molecule has 2 aromatic carbocycles. The number of para-hydroxylation sites is 1. The molecule has 28 heavy (non-hydrogen) atoms. The van der Waals surface area contributed by atoms with Crippen LogP contribution in [0.25, 0.3) is 0 Å². The van der Waals surface area contributed by atoms with Crippen LogP contribution in [0.2, 0.25) is 0 Å². The maximum absolute atomic E-state index is 12.8. The summed E-state index contributed by atoms with van der Waals surface area (Å²) in [6.07, 6.45) is 0. The molecule has 0 radical (unpaired) electrons. The molecule has 8 nitrogen and oxygen atoms in total. The van der Waals surface area contributed by atoms with E-state index in [1.54, 1.807) is 18.5 Å². The lowest BCUT2D eigenvalue weighted by molar-refractivity contribution is -0.387. The lowest BCUT2D eigenvalue weighted by atomic mass is 10.1. The van der Waals surface area contributed by atoms with Crippen molar-refractivity contribution < 1.29 is 13.3 Å². The van der Waals surface area contributed by atoms with E-state index in [1.165, 1.54) is 18.2 Å². The first-order chi connectivity index (χ1) is 13.2. The van der Waals surface area contributed by atoms with E-state index >= 15 is 0 Å². The second-order valence-corrected chi connectivity index (χ2v) is 8.17. The van der Waals surface area contributed by atoms with Crippen molar-refractivity contribution >= 4 is 21.4 Å². The summed E-state index contributed by atoms with van der Waals surface area (Å²) in [5, 5.41) is 15.6. The fraction of sp³-hybridized carbons (Fsp3) is 0.211. The maximum atomic E-state index is 12.8. The summed E-state index contributed by atoms with van der Waals surface area (Å²) in [5.74, 6) is 0. The third-order valence-electron chi connectivity index (χ3n) is 4.42. The number of rotatable bonds is 6.